The molecule has 0 bridgehead atoms. The second kappa shape index (κ2) is 18.3. The Hall–Kier alpha value is -3.15. The van der Waals surface area contributed by atoms with Crippen molar-refractivity contribution in [3.8, 4) is 0 Å². The number of hydrogen-bond donors (Lipinski definition) is 2. The fraction of sp³-hybridized carbons (Fsp3) is 0.640. The van der Waals surface area contributed by atoms with Crippen LogP contribution in [-0.4, -0.2) is 86.3 Å². The molecule has 2 N–H and O–H groups in total. The number of halogens is 1. The Bertz CT molecular complexity index is 2460. The number of rotatable bonds is 4. The second-order valence-electron chi connectivity index (χ2n) is 22.2. The highest BCUT2D eigenvalue weighted by Gasteiger charge is 2.64. The maximum Gasteiger partial charge on any atom is 0.496 e. The van der Waals surface area contributed by atoms with Gasteiger partial charge in [-0.25, -0.2) is 9.69 Å². The van der Waals surface area contributed by atoms with Crippen LogP contribution in [0.2, 0.25) is 0 Å². The molecule has 0 unspecified atom stereocenters. The predicted octanol–water partition coefficient (Wildman–Crippen LogP) is 11.3. The Balaban J connectivity index is 0.000000152. The lowest BCUT2D eigenvalue weighted by Crippen LogP contribution is -2.41. The van der Waals surface area contributed by atoms with E-state index in [0.717, 1.165) is 94.2 Å². The van der Waals surface area contributed by atoms with E-state index in [1.807, 2.05) is 81.4 Å². The standard InChI is InChI=1S/C22H29BN2O3.C16H17BrN2O.C12H24B2O4/c1-14-10-20-17(12-19(14)24-6)18(23-27-21(2,3)22(4,5)28-23)13-25(20)15-8-7-9-16(26)11-15;1-10-6-16-13(8-15(10)18-2)14(17)9-19(16)11-4-3-5-12(20)7-11;1-9(2)10(3,4)16-13(15-9)14-17-11(5,6)12(7,8)18-14/h10,12-13,15-16,26H,7-9,11H2,1-5H3;6,8-9,11-12,20H,3-5,7H2,1H3;1-8H3/t15-,16-;11-,12-;/m11./s1. The third kappa shape index (κ3) is 9.71. The zero-order valence-electron chi connectivity index (χ0n) is 41.7. The summed E-state index contributed by atoms with van der Waals surface area (Å²) in [6.07, 6.45) is 11.4. The lowest BCUT2D eigenvalue weighted by molar-refractivity contribution is 0.00578. The van der Waals surface area contributed by atoms with Crippen LogP contribution >= 0.6 is 15.9 Å². The van der Waals surface area contributed by atoms with Crippen molar-refractivity contribution in [2.75, 3.05) is 0 Å². The Morgan fingerprint density at radius 1 is 0.561 bits per heavy atom. The van der Waals surface area contributed by atoms with Crippen molar-refractivity contribution in [1.82, 2.24) is 9.13 Å². The maximum atomic E-state index is 10.2. The molecule has 4 aromatic rings. The van der Waals surface area contributed by atoms with Gasteiger partial charge >= 0.3 is 21.1 Å². The van der Waals surface area contributed by atoms with Gasteiger partial charge in [-0.15, -0.1) is 0 Å². The summed E-state index contributed by atoms with van der Waals surface area (Å²) in [7, 11) is -1.42. The monoisotopic (exact) mass is 966 g/mol. The van der Waals surface area contributed by atoms with E-state index in [-0.39, 0.29) is 40.7 Å². The molecular formula is C50H70B3BrN4O8. The fourth-order valence-electron chi connectivity index (χ4n) is 9.55. The summed E-state index contributed by atoms with van der Waals surface area (Å²) in [6.45, 7) is 43.1. The molecule has 16 heteroatoms. The number of hydrogen-bond acceptors (Lipinski definition) is 8. The molecule has 66 heavy (non-hydrogen) atoms. The van der Waals surface area contributed by atoms with Gasteiger partial charge in [0.1, 0.15) is 0 Å². The van der Waals surface area contributed by atoms with Gasteiger partial charge < -0.3 is 47.3 Å². The summed E-state index contributed by atoms with van der Waals surface area (Å²) in [4.78, 5) is 7.27. The summed E-state index contributed by atoms with van der Waals surface area (Å²) >= 11 is 3.60. The van der Waals surface area contributed by atoms with Crippen LogP contribution < -0.4 is 5.46 Å². The maximum absolute atomic E-state index is 10.2. The highest BCUT2D eigenvalue weighted by Crippen LogP contribution is 2.44. The average molecular weight is 967 g/mol. The number of fused-ring (bicyclic) bond motifs is 2. The Kier molecular flexibility index (Phi) is 14.1. The summed E-state index contributed by atoms with van der Waals surface area (Å²) in [6, 6.07) is 8.71. The summed E-state index contributed by atoms with van der Waals surface area (Å²) in [5.41, 5.74) is 4.29. The van der Waals surface area contributed by atoms with Gasteiger partial charge in [0.25, 0.3) is 0 Å². The van der Waals surface area contributed by atoms with Crippen LogP contribution in [0.5, 0.6) is 0 Å². The van der Waals surface area contributed by atoms with Gasteiger partial charge in [-0.05, 0) is 205 Å². The minimum absolute atomic E-state index is 0.186. The van der Waals surface area contributed by atoms with Crippen LogP contribution in [-0.2, 0) is 27.9 Å². The summed E-state index contributed by atoms with van der Waals surface area (Å²) < 4.78 is 42.1. The Morgan fingerprint density at radius 2 is 0.924 bits per heavy atom. The van der Waals surface area contributed by atoms with E-state index in [1.165, 1.54) is 0 Å². The van der Waals surface area contributed by atoms with Crippen LogP contribution in [0.15, 0.2) is 41.1 Å². The molecule has 4 atom stereocenters. The van der Waals surface area contributed by atoms with E-state index in [2.05, 4.69) is 87.0 Å². The molecule has 0 radical (unpaired) electrons. The second-order valence-corrected chi connectivity index (χ2v) is 23.1. The van der Waals surface area contributed by atoms with Gasteiger partial charge in [-0.1, -0.05) is 0 Å². The van der Waals surface area contributed by atoms with E-state index >= 15 is 0 Å². The zero-order valence-corrected chi connectivity index (χ0v) is 43.3. The van der Waals surface area contributed by atoms with E-state index in [4.69, 9.17) is 41.1 Å². The molecule has 3 saturated heterocycles. The van der Waals surface area contributed by atoms with Crippen molar-refractivity contribution in [2.24, 2.45) is 0 Å². The van der Waals surface area contributed by atoms with Crippen LogP contribution in [0, 0.1) is 27.0 Å². The van der Waals surface area contributed by atoms with Crippen molar-refractivity contribution in [2.45, 2.75) is 206 Å². The van der Waals surface area contributed by atoms with Gasteiger partial charge in [-0.2, -0.15) is 0 Å². The number of nitrogens with zero attached hydrogens (tertiary/aromatic N) is 4. The molecule has 12 nitrogen and oxygen atoms in total. The third-order valence-corrected chi connectivity index (χ3v) is 16.5. The molecule has 2 aromatic heterocycles. The number of aromatic nitrogens is 2. The van der Waals surface area contributed by atoms with E-state index in [1.54, 1.807) is 0 Å². The van der Waals surface area contributed by atoms with Crippen molar-refractivity contribution in [3.05, 3.63) is 75.1 Å². The quantitative estimate of drug-likeness (QED) is 0.154. The van der Waals surface area contributed by atoms with E-state index < -0.39 is 32.3 Å². The third-order valence-electron chi connectivity index (χ3n) is 15.8. The van der Waals surface area contributed by atoms with Crippen molar-refractivity contribution in [3.63, 3.8) is 0 Å². The molecular weight excluding hydrogens is 897 g/mol. The van der Waals surface area contributed by atoms with Crippen molar-refractivity contribution < 1.29 is 38.1 Å². The molecule has 354 valence electrons. The molecule has 0 amide bonds. The number of benzene rings is 2. The highest BCUT2D eigenvalue weighted by atomic mass is 79.9. The molecule has 2 aliphatic carbocycles. The van der Waals surface area contributed by atoms with Gasteiger partial charge in [0, 0.05) is 50.8 Å². The summed E-state index contributed by atoms with van der Waals surface area (Å²) in [5.74, 6) is 0. The molecule has 9 rings (SSSR count). The molecule has 0 spiro atoms. The predicted molar refractivity (Wildman–Crippen MR) is 268 cm³/mol. The Morgan fingerprint density at radius 3 is 1.32 bits per heavy atom. The van der Waals surface area contributed by atoms with Crippen molar-refractivity contribution in [1.29, 1.82) is 0 Å². The van der Waals surface area contributed by atoms with Gasteiger partial charge in [0.2, 0.25) is 0 Å². The lowest BCUT2D eigenvalue weighted by atomic mass is 9.49. The van der Waals surface area contributed by atoms with Gasteiger partial charge in [0.15, 0.2) is 11.4 Å². The van der Waals surface area contributed by atoms with E-state index in [0.29, 0.717) is 17.4 Å². The van der Waals surface area contributed by atoms with Crippen molar-refractivity contribution >= 4 is 75.7 Å². The number of aliphatic hydroxyl groups excluding tert-OH is 2. The summed E-state index contributed by atoms with van der Waals surface area (Å²) in [5, 5.41) is 22.2. The Labute approximate surface area is 402 Å². The first kappa shape index (κ1) is 50.7. The van der Waals surface area contributed by atoms with Crippen LogP contribution in [0.4, 0.5) is 11.4 Å². The lowest BCUT2D eigenvalue weighted by Gasteiger charge is -2.32. The number of aryl methyl sites for hydroxylation is 2. The number of aliphatic hydroxyl groups is 2. The average Bonchev–Trinajstić information content (AvgIpc) is 3.93. The molecule has 5 heterocycles. The molecule has 3 aliphatic heterocycles. The van der Waals surface area contributed by atoms with Gasteiger partial charge in [0.05, 0.1) is 59.0 Å². The molecule has 2 aromatic carbocycles. The zero-order chi connectivity index (χ0) is 48.5. The van der Waals surface area contributed by atoms with Crippen LogP contribution in [0.25, 0.3) is 31.5 Å². The molecule has 5 aliphatic rings. The first-order chi connectivity index (χ1) is 30.6. The first-order valence-electron chi connectivity index (χ1n) is 23.7. The van der Waals surface area contributed by atoms with Crippen LogP contribution in [0.1, 0.15) is 158 Å². The fourth-order valence-corrected chi connectivity index (χ4v) is 10.1. The molecule has 5 fully saturated rings. The normalized spacial score (nSPS) is 26.9. The highest BCUT2D eigenvalue weighted by molar-refractivity contribution is 9.10. The SMILES string of the molecule is CC1(C)OB(B2OC(C)(C)C(C)(C)O2)OC1(C)C.[C-]#[N+]c1cc2c(B3OC(C)(C)C(C)(C)O3)cn([C@@H]3CCC[C@@H](O)C3)c2cc1C.[C-]#[N+]c1cc2c(Br)cn([C@@H]3CCC[C@@H](O)C3)c2cc1C. The minimum Gasteiger partial charge on any atom is -0.405 e. The topological polar surface area (TPSA) is 114 Å². The largest absolute Gasteiger partial charge is 0.496 e. The smallest absolute Gasteiger partial charge is 0.405 e. The van der Waals surface area contributed by atoms with E-state index in [9.17, 15) is 10.2 Å². The van der Waals surface area contributed by atoms with Crippen LogP contribution in [0.3, 0.4) is 0 Å². The van der Waals surface area contributed by atoms with Gasteiger partial charge in [-0.3, -0.25) is 0 Å². The first-order valence-corrected chi connectivity index (χ1v) is 24.5. The minimum atomic E-state index is -0.476. The molecule has 2 saturated carbocycles.